The first-order valence-corrected chi connectivity index (χ1v) is 7.11. The second-order valence-electron chi connectivity index (χ2n) is 5.35. The Hall–Kier alpha value is -1.50. The molecule has 0 aromatic rings. The predicted octanol–water partition coefficient (Wildman–Crippen LogP) is 5.05. The summed E-state index contributed by atoms with van der Waals surface area (Å²) in [6.45, 7) is 10.3. The normalized spacial score (nSPS) is 23.4. The van der Waals surface area contributed by atoms with Gasteiger partial charge in [-0.05, 0) is 44.4 Å². The second kappa shape index (κ2) is 5.24. The summed E-state index contributed by atoms with van der Waals surface area (Å²) in [5.74, 6) is 2.28. The Labute approximate surface area is 117 Å². The van der Waals surface area contributed by atoms with Crippen LogP contribution in [0.4, 0.5) is 0 Å². The van der Waals surface area contributed by atoms with Crippen molar-refractivity contribution in [3.05, 3.63) is 64.9 Å². The predicted molar refractivity (Wildman–Crippen MR) is 81.5 cm³/mol. The molecule has 0 atom stereocenters. The van der Waals surface area contributed by atoms with E-state index >= 15 is 0 Å². The van der Waals surface area contributed by atoms with Crippen molar-refractivity contribution in [1.82, 2.24) is 0 Å². The highest BCUT2D eigenvalue weighted by Crippen LogP contribution is 2.42. The third kappa shape index (κ3) is 2.60. The standard InChI is InChI=1S/C16H17O.C2H6/c1-11-10-12-6-4-5-7-13(12)14-8-9-16(2,3)17-15(11)14;1-2/h4-5,7-10H,6H2,1-3H3;1-2H3. The monoisotopic (exact) mass is 255 g/mol. The first-order valence-electron chi connectivity index (χ1n) is 7.11. The van der Waals surface area contributed by atoms with Gasteiger partial charge in [-0.15, -0.1) is 0 Å². The Morgan fingerprint density at radius 2 is 1.95 bits per heavy atom. The minimum absolute atomic E-state index is 0.198. The largest absolute Gasteiger partial charge is 0.487 e. The zero-order valence-electron chi connectivity index (χ0n) is 12.6. The van der Waals surface area contributed by atoms with Crippen LogP contribution in [0.15, 0.2) is 58.9 Å². The van der Waals surface area contributed by atoms with Gasteiger partial charge in [0.05, 0.1) is 5.92 Å². The number of rotatable bonds is 0. The fourth-order valence-electron chi connectivity index (χ4n) is 2.52. The summed E-state index contributed by atoms with van der Waals surface area (Å²) in [5, 5.41) is 0. The van der Waals surface area contributed by atoms with Crippen LogP contribution in [0.25, 0.3) is 0 Å². The zero-order valence-corrected chi connectivity index (χ0v) is 12.6. The third-order valence-electron chi connectivity index (χ3n) is 3.38. The topological polar surface area (TPSA) is 9.23 Å². The number of allylic oxidation sites excluding steroid dienone is 8. The highest BCUT2D eigenvalue weighted by atomic mass is 16.5. The van der Waals surface area contributed by atoms with Crippen LogP contribution < -0.4 is 0 Å². The van der Waals surface area contributed by atoms with Crippen molar-refractivity contribution < 1.29 is 4.74 Å². The molecule has 3 aliphatic rings. The first-order chi connectivity index (χ1) is 9.07. The zero-order chi connectivity index (χ0) is 14.0. The van der Waals surface area contributed by atoms with Gasteiger partial charge in [0.2, 0.25) is 0 Å². The summed E-state index contributed by atoms with van der Waals surface area (Å²) in [7, 11) is 0. The molecule has 0 saturated heterocycles. The molecule has 19 heavy (non-hydrogen) atoms. The van der Waals surface area contributed by atoms with Gasteiger partial charge in [0, 0.05) is 5.57 Å². The van der Waals surface area contributed by atoms with Gasteiger partial charge in [-0.1, -0.05) is 44.2 Å². The quantitative estimate of drug-likeness (QED) is 0.588. The lowest BCUT2D eigenvalue weighted by Crippen LogP contribution is -2.28. The van der Waals surface area contributed by atoms with E-state index in [2.05, 4.69) is 57.2 Å². The van der Waals surface area contributed by atoms with Crippen molar-refractivity contribution in [2.45, 2.75) is 46.6 Å². The SMILES string of the molecule is CC.C[C]1C=C2CC=CC=C2C2=C1OC(C)(C)C=C2. The van der Waals surface area contributed by atoms with Crippen molar-refractivity contribution in [3.8, 4) is 0 Å². The molecule has 0 bridgehead atoms. The van der Waals surface area contributed by atoms with Crippen LogP contribution >= 0.6 is 0 Å². The Morgan fingerprint density at radius 1 is 1.21 bits per heavy atom. The van der Waals surface area contributed by atoms with Crippen molar-refractivity contribution in [1.29, 1.82) is 0 Å². The molecule has 101 valence electrons. The average molecular weight is 255 g/mol. The van der Waals surface area contributed by atoms with E-state index in [0.717, 1.165) is 12.2 Å². The molecule has 2 aliphatic carbocycles. The maximum absolute atomic E-state index is 6.09. The third-order valence-corrected chi connectivity index (χ3v) is 3.38. The molecule has 0 fully saturated rings. The molecule has 1 heteroatoms. The smallest absolute Gasteiger partial charge is 0.121 e. The minimum atomic E-state index is -0.198. The molecule has 1 heterocycles. The van der Waals surface area contributed by atoms with E-state index in [0.29, 0.717) is 0 Å². The van der Waals surface area contributed by atoms with Crippen molar-refractivity contribution in [2.75, 3.05) is 0 Å². The van der Waals surface area contributed by atoms with Crippen LogP contribution in [-0.2, 0) is 4.74 Å². The van der Waals surface area contributed by atoms with Gasteiger partial charge in [0.1, 0.15) is 11.4 Å². The van der Waals surface area contributed by atoms with Crippen molar-refractivity contribution in [3.63, 3.8) is 0 Å². The van der Waals surface area contributed by atoms with E-state index in [-0.39, 0.29) is 5.60 Å². The van der Waals surface area contributed by atoms with E-state index < -0.39 is 0 Å². The summed E-state index contributed by atoms with van der Waals surface area (Å²) < 4.78 is 6.09. The van der Waals surface area contributed by atoms with Gasteiger partial charge < -0.3 is 4.74 Å². The molecule has 0 aromatic heterocycles. The summed E-state index contributed by atoms with van der Waals surface area (Å²) in [6.07, 6.45) is 14.1. The molecule has 0 saturated carbocycles. The number of ether oxygens (including phenoxy) is 1. The highest BCUT2D eigenvalue weighted by molar-refractivity contribution is 5.65. The van der Waals surface area contributed by atoms with Gasteiger partial charge in [0.15, 0.2) is 0 Å². The summed E-state index contributed by atoms with van der Waals surface area (Å²) in [4.78, 5) is 0. The molecule has 0 N–H and O–H groups in total. The number of fused-ring (bicyclic) bond motifs is 2. The summed E-state index contributed by atoms with van der Waals surface area (Å²) in [6, 6.07) is 0. The Morgan fingerprint density at radius 3 is 2.68 bits per heavy atom. The van der Waals surface area contributed by atoms with Gasteiger partial charge in [-0.2, -0.15) is 0 Å². The van der Waals surface area contributed by atoms with Crippen molar-refractivity contribution >= 4 is 0 Å². The van der Waals surface area contributed by atoms with E-state index in [1.807, 2.05) is 13.8 Å². The fourth-order valence-corrected chi connectivity index (χ4v) is 2.52. The molecule has 1 aliphatic heterocycles. The lowest BCUT2D eigenvalue weighted by molar-refractivity contribution is 0.0741. The Bertz CT molecular complexity index is 510. The highest BCUT2D eigenvalue weighted by Gasteiger charge is 2.31. The Balaban J connectivity index is 0.000000637. The first kappa shape index (κ1) is 13.9. The van der Waals surface area contributed by atoms with Gasteiger partial charge in [-0.3, -0.25) is 0 Å². The minimum Gasteiger partial charge on any atom is -0.487 e. The molecule has 0 aromatic carbocycles. The summed E-state index contributed by atoms with van der Waals surface area (Å²) in [5.41, 5.74) is 3.76. The van der Waals surface area contributed by atoms with Crippen LogP contribution in [0.2, 0.25) is 0 Å². The van der Waals surface area contributed by atoms with Crippen LogP contribution in [0.3, 0.4) is 0 Å². The summed E-state index contributed by atoms with van der Waals surface area (Å²) >= 11 is 0. The van der Waals surface area contributed by atoms with E-state index in [1.165, 1.54) is 22.6 Å². The maximum atomic E-state index is 6.09. The average Bonchev–Trinajstić information content (AvgIpc) is 2.41. The Kier molecular flexibility index (Phi) is 3.84. The van der Waals surface area contributed by atoms with Crippen LogP contribution in [0.1, 0.15) is 41.0 Å². The molecule has 0 spiro atoms. The van der Waals surface area contributed by atoms with Crippen molar-refractivity contribution in [2.24, 2.45) is 0 Å². The molecule has 1 radical (unpaired) electrons. The van der Waals surface area contributed by atoms with E-state index in [1.54, 1.807) is 0 Å². The molecular formula is C18H23O. The van der Waals surface area contributed by atoms with Crippen LogP contribution in [-0.4, -0.2) is 5.60 Å². The molecular weight excluding hydrogens is 232 g/mol. The van der Waals surface area contributed by atoms with E-state index in [4.69, 9.17) is 4.74 Å². The van der Waals surface area contributed by atoms with Gasteiger partial charge in [-0.25, -0.2) is 0 Å². The van der Waals surface area contributed by atoms with Gasteiger partial charge >= 0.3 is 0 Å². The second-order valence-corrected chi connectivity index (χ2v) is 5.35. The molecule has 1 nitrogen and oxygen atoms in total. The molecule has 0 unspecified atom stereocenters. The van der Waals surface area contributed by atoms with E-state index in [9.17, 15) is 0 Å². The molecule has 0 amide bonds. The number of hydrogen-bond acceptors (Lipinski definition) is 1. The lowest BCUT2D eigenvalue weighted by Gasteiger charge is -2.35. The van der Waals surface area contributed by atoms with Gasteiger partial charge in [0.25, 0.3) is 0 Å². The van der Waals surface area contributed by atoms with Crippen LogP contribution in [0.5, 0.6) is 0 Å². The maximum Gasteiger partial charge on any atom is 0.121 e. The van der Waals surface area contributed by atoms with Crippen LogP contribution in [0, 0.1) is 5.92 Å². The molecule has 3 rings (SSSR count). The fraction of sp³-hybridized carbons (Fsp3) is 0.389. The lowest BCUT2D eigenvalue weighted by atomic mass is 9.80. The number of hydrogen-bond donors (Lipinski definition) is 0.